The molecule has 0 aromatic heterocycles. The molecular weight excluding hydrogens is 446 g/mol. The van der Waals surface area contributed by atoms with Crippen molar-refractivity contribution in [3.8, 4) is 17.2 Å². The highest BCUT2D eigenvalue weighted by Crippen LogP contribution is 2.44. The number of aliphatic hydroxyl groups is 1. The molecule has 1 unspecified atom stereocenters. The number of hydrogen-bond donors (Lipinski definition) is 1. The van der Waals surface area contributed by atoms with Crippen molar-refractivity contribution in [2.75, 3.05) is 25.2 Å². The van der Waals surface area contributed by atoms with Gasteiger partial charge in [-0.25, -0.2) is 0 Å². The highest BCUT2D eigenvalue weighted by atomic mass is 16.5. The van der Waals surface area contributed by atoms with Crippen molar-refractivity contribution in [1.82, 2.24) is 0 Å². The van der Waals surface area contributed by atoms with Crippen LogP contribution in [-0.2, 0) is 9.59 Å². The number of methoxy groups -OCH3 is 1. The van der Waals surface area contributed by atoms with Gasteiger partial charge in [-0.05, 0) is 55.8 Å². The van der Waals surface area contributed by atoms with Crippen molar-refractivity contribution in [1.29, 1.82) is 0 Å². The van der Waals surface area contributed by atoms with Gasteiger partial charge in [0.05, 0.1) is 31.9 Å². The molecule has 0 aliphatic carbocycles. The predicted molar refractivity (Wildman–Crippen MR) is 133 cm³/mol. The quantitative estimate of drug-likeness (QED) is 0.278. The SMILES string of the molecule is CCOc1ccc(N2C(=O)C(=O)/C(=C(/O)c3ccc(OC)cc3)C2c2ccccc2)cc1OCC. The molecule has 3 aromatic carbocycles. The Balaban J connectivity index is 1.88. The minimum absolute atomic E-state index is 0.0122. The maximum Gasteiger partial charge on any atom is 0.300 e. The molecule has 1 N–H and O–H groups in total. The number of benzene rings is 3. The number of aliphatic hydroxyl groups excluding tert-OH is 1. The van der Waals surface area contributed by atoms with E-state index in [-0.39, 0.29) is 11.3 Å². The van der Waals surface area contributed by atoms with E-state index in [1.165, 1.54) is 4.90 Å². The first-order valence-corrected chi connectivity index (χ1v) is 11.4. The maximum atomic E-state index is 13.4. The number of Topliss-reactive ketones (excluding diaryl/α,β-unsaturated/α-hetero) is 1. The van der Waals surface area contributed by atoms with Crippen LogP contribution >= 0.6 is 0 Å². The van der Waals surface area contributed by atoms with Crippen LogP contribution in [0.25, 0.3) is 5.76 Å². The molecule has 1 amide bonds. The van der Waals surface area contributed by atoms with Gasteiger partial charge in [0, 0.05) is 17.3 Å². The smallest absolute Gasteiger partial charge is 0.300 e. The number of rotatable bonds is 8. The van der Waals surface area contributed by atoms with Crippen LogP contribution in [0.4, 0.5) is 5.69 Å². The van der Waals surface area contributed by atoms with Gasteiger partial charge < -0.3 is 19.3 Å². The molecule has 1 saturated heterocycles. The van der Waals surface area contributed by atoms with Crippen molar-refractivity contribution in [3.05, 3.63) is 89.5 Å². The summed E-state index contributed by atoms with van der Waals surface area (Å²) in [4.78, 5) is 28.0. The molecule has 7 heteroatoms. The Kier molecular flexibility index (Phi) is 7.06. The van der Waals surface area contributed by atoms with E-state index < -0.39 is 17.7 Å². The van der Waals surface area contributed by atoms with Crippen molar-refractivity contribution in [2.45, 2.75) is 19.9 Å². The molecule has 1 aliphatic heterocycles. The molecule has 4 rings (SSSR count). The minimum Gasteiger partial charge on any atom is -0.507 e. The van der Waals surface area contributed by atoms with E-state index >= 15 is 0 Å². The number of carbonyl (C=O) groups excluding carboxylic acids is 2. The van der Waals surface area contributed by atoms with E-state index in [9.17, 15) is 14.7 Å². The molecule has 0 bridgehead atoms. The molecule has 0 saturated carbocycles. The zero-order valence-electron chi connectivity index (χ0n) is 19.9. The monoisotopic (exact) mass is 473 g/mol. The van der Waals surface area contributed by atoms with Crippen LogP contribution in [0.15, 0.2) is 78.4 Å². The highest BCUT2D eigenvalue weighted by Gasteiger charge is 2.47. The third kappa shape index (κ3) is 4.57. The molecule has 0 radical (unpaired) electrons. The van der Waals surface area contributed by atoms with Crippen LogP contribution in [0.3, 0.4) is 0 Å². The van der Waals surface area contributed by atoms with E-state index in [0.717, 1.165) is 0 Å². The second-order valence-electron chi connectivity index (χ2n) is 7.81. The summed E-state index contributed by atoms with van der Waals surface area (Å²) in [6, 6.07) is 20.1. The van der Waals surface area contributed by atoms with Crippen LogP contribution in [-0.4, -0.2) is 37.1 Å². The van der Waals surface area contributed by atoms with Crippen LogP contribution in [0.1, 0.15) is 31.0 Å². The van der Waals surface area contributed by atoms with Gasteiger partial charge in [-0.1, -0.05) is 30.3 Å². The van der Waals surface area contributed by atoms with Gasteiger partial charge in [0.25, 0.3) is 11.7 Å². The summed E-state index contributed by atoms with van der Waals surface area (Å²) in [5.41, 5.74) is 1.57. The number of nitrogens with zero attached hydrogens (tertiary/aromatic N) is 1. The van der Waals surface area contributed by atoms with Gasteiger partial charge in [-0.2, -0.15) is 0 Å². The molecule has 1 heterocycles. The third-order valence-electron chi connectivity index (χ3n) is 5.73. The first kappa shape index (κ1) is 23.9. The summed E-state index contributed by atoms with van der Waals surface area (Å²) in [6.45, 7) is 4.59. The Morgan fingerprint density at radius 1 is 0.886 bits per heavy atom. The molecule has 1 aliphatic rings. The van der Waals surface area contributed by atoms with Gasteiger partial charge in [0.2, 0.25) is 0 Å². The average Bonchev–Trinajstić information content (AvgIpc) is 3.15. The lowest BCUT2D eigenvalue weighted by molar-refractivity contribution is -0.132. The van der Waals surface area contributed by atoms with Crippen molar-refractivity contribution < 1.29 is 28.9 Å². The normalized spacial score (nSPS) is 16.9. The van der Waals surface area contributed by atoms with Crippen molar-refractivity contribution in [3.63, 3.8) is 0 Å². The second-order valence-corrected chi connectivity index (χ2v) is 7.81. The minimum atomic E-state index is -0.828. The van der Waals surface area contributed by atoms with E-state index in [1.807, 2.05) is 44.2 Å². The molecular formula is C28H27NO6. The lowest BCUT2D eigenvalue weighted by Gasteiger charge is -2.26. The topological polar surface area (TPSA) is 85.3 Å². The van der Waals surface area contributed by atoms with Gasteiger partial charge in [0.1, 0.15) is 11.5 Å². The molecule has 1 fully saturated rings. The molecule has 7 nitrogen and oxygen atoms in total. The summed E-state index contributed by atoms with van der Waals surface area (Å²) in [7, 11) is 1.54. The van der Waals surface area contributed by atoms with E-state index in [0.29, 0.717) is 47.3 Å². The number of ether oxygens (including phenoxy) is 3. The van der Waals surface area contributed by atoms with Gasteiger partial charge in [-0.15, -0.1) is 0 Å². The lowest BCUT2D eigenvalue weighted by atomic mass is 9.95. The van der Waals surface area contributed by atoms with Gasteiger partial charge >= 0.3 is 0 Å². The first-order valence-electron chi connectivity index (χ1n) is 11.4. The third-order valence-corrected chi connectivity index (χ3v) is 5.73. The summed E-state index contributed by atoms with van der Waals surface area (Å²) in [6.07, 6.45) is 0. The van der Waals surface area contributed by atoms with E-state index in [1.54, 1.807) is 49.6 Å². The van der Waals surface area contributed by atoms with Crippen LogP contribution in [0, 0.1) is 0 Å². The molecule has 180 valence electrons. The Bertz CT molecular complexity index is 1250. The fourth-order valence-electron chi connectivity index (χ4n) is 4.14. The van der Waals surface area contributed by atoms with E-state index in [4.69, 9.17) is 14.2 Å². The zero-order chi connectivity index (χ0) is 24.9. The largest absolute Gasteiger partial charge is 0.507 e. The number of ketones is 1. The summed E-state index contributed by atoms with van der Waals surface area (Å²) in [5, 5.41) is 11.2. The molecule has 0 spiro atoms. The average molecular weight is 474 g/mol. The highest BCUT2D eigenvalue weighted by molar-refractivity contribution is 6.51. The number of hydrogen-bond acceptors (Lipinski definition) is 6. The number of amides is 1. The maximum absolute atomic E-state index is 13.4. The van der Waals surface area contributed by atoms with Crippen LogP contribution < -0.4 is 19.1 Å². The van der Waals surface area contributed by atoms with Crippen molar-refractivity contribution >= 4 is 23.1 Å². The molecule has 1 atom stereocenters. The molecule has 3 aromatic rings. The summed E-state index contributed by atoms with van der Waals surface area (Å²) < 4.78 is 16.6. The predicted octanol–water partition coefficient (Wildman–Crippen LogP) is 5.12. The van der Waals surface area contributed by atoms with E-state index in [2.05, 4.69) is 0 Å². The second kappa shape index (κ2) is 10.3. The number of carbonyl (C=O) groups is 2. The fourth-order valence-corrected chi connectivity index (χ4v) is 4.14. The molecule has 35 heavy (non-hydrogen) atoms. The number of anilines is 1. The summed E-state index contributed by atoms with van der Waals surface area (Å²) >= 11 is 0. The van der Waals surface area contributed by atoms with Crippen molar-refractivity contribution in [2.24, 2.45) is 0 Å². The summed E-state index contributed by atoms with van der Waals surface area (Å²) in [5.74, 6) is -0.128. The Morgan fingerprint density at radius 2 is 1.54 bits per heavy atom. The van der Waals surface area contributed by atoms with Crippen LogP contribution in [0.5, 0.6) is 17.2 Å². The van der Waals surface area contributed by atoms with Gasteiger partial charge in [-0.3, -0.25) is 14.5 Å². The van der Waals surface area contributed by atoms with Gasteiger partial charge in [0.15, 0.2) is 11.5 Å². The van der Waals surface area contributed by atoms with Crippen LogP contribution in [0.2, 0.25) is 0 Å². The Hall–Kier alpha value is -4.26. The first-order chi connectivity index (χ1) is 17.0. The Labute approximate surface area is 204 Å². The lowest BCUT2D eigenvalue weighted by Crippen LogP contribution is -2.29. The fraction of sp³-hybridized carbons (Fsp3) is 0.214. The Morgan fingerprint density at radius 3 is 2.17 bits per heavy atom. The standard InChI is InChI=1S/C28H27NO6/c1-4-34-22-16-13-20(17-23(22)35-5-2)29-25(18-9-7-6-8-10-18)24(27(31)28(29)32)26(30)19-11-14-21(33-3)15-12-19/h6-17,25,30H,4-5H2,1-3H3/b26-24+. The zero-order valence-corrected chi connectivity index (χ0v) is 19.9.